The lowest BCUT2D eigenvalue weighted by molar-refractivity contribution is -0.161. The summed E-state index contributed by atoms with van der Waals surface area (Å²) in [5, 5.41) is 10.6. The van der Waals surface area contributed by atoms with Gasteiger partial charge in [-0.05, 0) is 63.2 Å². The molecule has 0 aliphatic heterocycles. The maximum Gasteiger partial charge on any atom is 0.472 e. The Bertz CT molecular complexity index is 1830. The van der Waals surface area contributed by atoms with Crippen LogP contribution in [0.5, 0.6) is 0 Å². The van der Waals surface area contributed by atoms with Gasteiger partial charge >= 0.3 is 39.5 Å². The van der Waals surface area contributed by atoms with E-state index < -0.39 is 97.5 Å². The lowest BCUT2D eigenvalue weighted by Gasteiger charge is -2.21. The first kappa shape index (κ1) is 86.5. The second-order valence-corrected chi connectivity index (χ2v) is 28.2. The molecule has 0 bridgehead atoms. The van der Waals surface area contributed by atoms with Crippen LogP contribution in [0.1, 0.15) is 330 Å². The summed E-state index contributed by atoms with van der Waals surface area (Å²) >= 11 is 0. The van der Waals surface area contributed by atoms with Crippen LogP contribution in [0, 0.1) is 11.8 Å². The maximum absolute atomic E-state index is 13.0. The zero-order valence-corrected chi connectivity index (χ0v) is 59.0. The smallest absolute Gasteiger partial charge is 0.462 e. The molecule has 0 radical (unpaired) electrons. The Morgan fingerprint density at radius 2 is 0.663 bits per heavy atom. The van der Waals surface area contributed by atoms with Crippen molar-refractivity contribution in [1.29, 1.82) is 0 Å². The normalized spacial score (nSPS) is 14.6. The quantitative estimate of drug-likeness (QED) is 0.0169. The zero-order valence-electron chi connectivity index (χ0n) is 57.2. The standard InChI is InChI=1S/C70H132O17P2/c1-7-10-12-14-16-18-19-20-21-22-27-31-35-42-48-54-69(74)86-65(58-81-68(73)53-47-41-34-30-26-24-23-25-29-32-38-44-50-62(4)5)60-84-88(76,77)82-56-64(71)57-83-89(78,79)85-61-66(59-80-67(72)52-46-40-33-28-17-15-13-11-8-2)87-70(75)55-49-43-37-36-39-45-51-63(6)9-3/h18-21,62-66,71H,7-17,22-61H2,1-6H3,(H,76,77)(H,78,79)/b19-18-,21-20-/t63?,64-,65-,66-/m1/s1. The largest absolute Gasteiger partial charge is 0.472 e. The molecule has 0 aliphatic carbocycles. The molecule has 0 spiro atoms. The van der Waals surface area contributed by atoms with E-state index in [-0.39, 0.29) is 25.7 Å². The van der Waals surface area contributed by atoms with Crippen molar-refractivity contribution in [1.82, 2.24) is 0 Å². The molecule has 3 N–H and O–H groups in total. The highest BCUT2D eigenvalue weighted by Gasteiger charge is 2.30. The molecule has 6 atom stereocenters. The van der Waals surface area contributed by atoms with Gasteiger partial charge in [0.2, 0.25) is 0 Å². The molecule has 3 unspecified atom stereocenters. The summed E-state index contributed by atoms with van der Waals surface area (Å²) in [5.74, 6) is -0.661. The number of hydrogen-bond donors (Lipinski definition) is 3. The van der Waals surface area contributed by atoms with Crippen LogP contribution in [-0.2, 0) is 65.4 Å². The fraction of sp³-hybridized carbons (Fsp3) is 0.886. The third-order valence-corrected chi connectivity index (χ3v) is 17.8. The van der Waals surface area contributed by atoms with Crippen molar-refractivity contribution in [3.63, 3.8) is 0 Å². The number of esters is 4. The Labute approximate surface area is 542 Å². The number of carbonyl (C=O) groups is 4. The molecule has 524 valence electrons. The van der Waals surface area contributed by atoms with Gasteiger partial charge < -0.3 is 33.8 Å². The molecule has 0 aromatic heterocycles. The van der Waals surface area contributed by atoms with Crippen LogP contribution in [-0.4, -0.2) is 96.7 Å². The van der Waals surface area contributed by atoms with Crippen LogP contribution >= 0.6 is 15.6 Å². The van der Waals surface area contributed by atoms with Gasteiger partial charge in [0.1, 0.15) is 19.3 Å². The minimum absolute atomic E-state index is 0.0848. The number of aliphatic hydroxyl groups excluding tert-OH is 1. The van der Waals surface area contributed by atoms with Crippen LogP contribution in [0.15, 0.2) is 24.3 Å². The van der Waals surface area contributed by atoms with E-state index in [1.807, 2.05) is 0 Å². The minimum atomic E-state index is -4.96. The number of ether oxygens (including phenoxy) is 4. The average molecular weight is 1310 g/mol. The van der Waals surface area contributed by atoms with Crippen molar-refractivity contribution in [3.8, 4) is 0 Å². The molecule has 0 rings (SSSR count). The van der Waals surface area contributed by atoms with Gasteiger partial charge in [0.25, 0.3) is 0 Å². The van der Waals surface area contributed by atoms with Crippen LogP contribution < -0.4 is 0 Å². The lowest BCUT2D eigenvalue weighted by atomic mass is 10.00. The van der Waals surface area contributed by atoms with Crippen molar-refractivity contribution >= 4 is 39.5 Å². The number of carbonyl (C=O) groups excluding carboxylic acids is 4. The van der Waals surface area contributed by atoms with E-state index in [2.05, 4.69) is 65.8 Å². The van der Waals surface area contributed by atoms with Crippen molar-refractivity contribution < 1.29 is 80.2 Å². The van der Waals surface area contributed by atoms with Gasteiger partial charge in [-0.2, -0.15) is 0 Å². The Kier molecular flexibility index (Phi) is 60.0. The second-order valence-electron chi connectivity index (χ2n) is 25.3. The fourth-order valence-electron chi connectivity index (χ4n) is 10.0. The molecular formula is C70H132O17P2. The van der Waals surface area contributed by atoms with Crippen molar-refractivity contribution in [2.24, 2.45) is 11.8 Å². The highest BCUT2D eigenvalue weighted by atomic mass is 31.2. The van der Waals surface area contributed by atoms with Gasteiger partial charge in [-0.3, -0.25) is 37.3 Å². The molecule has 0 saturated heterocycles. The molecule has 89 heavy (non-hydrogen) atoms. The summed E-state index contributed by atoms with van der Waals surface area (Å²) in [5.41, 5.74) is 0. The highest BCUT2D eigenvalue weighted by Crippen LogP contribution is 2.45. The number of unbranched alkanes of at least 4 members (excludes halogenated alkanes) is 33. The number of phosphoric ester groups is 2. The summed E-state index contributed by atoms with van der Waals surface area (Å²) in [6.07, 6.45) is 49.4. The predicted octanol–water partition coefficient (Wildman–Crippen LogP) is 19.5. The number of allylic oxidation sites excluding steroid dienone is 4. The predicted molar refractivity (Wildman–Crippen MR) is 358 cm³/mol. The van der Waals surface area contributed by atoms with Crippen LogP contribution in [0.4, 0.5) is 0 Å². The molecular weight excluding hydrogens is 1170 g/mol. The molecule has 0 aromatic rings. The minimum Gasteiger partial charge on any atom is -0.462 e. The summed E-state index contributed by atoms with van der Waals surface area (Å²) in [6.45, 7) is 9.42. The highest BCUT2D eigenvalue weighted by molar-refractivity contribution is 7.47. The van der Waals surface area contributed by atoms with E-state index in [9.17, 15) is 43.2 Å². The molecule has 0 aliphatic rings. The van der Waals surface area contributed by atoms with E-state index in [0.29, 0.717) is 25.7 Å². The first-order chi connectivity index (χ1) is 42.9. The Morgan fingerprint density at radius 1 is 0.371 bits per heavy atom. The van der Waals surface area contributed by atoms with Gasteiger partial charge in [0.05, 0.1) is 26.4 Å². The van der Waals surface area contributed by atoms with Crippen LogP contribution in [0.25, 0.3) is 0 Å². The van der Waals surface area contributed by atoms with E-state index in [1.54, 1.807) is 0 Å². The molecule has 17 nitrogen and oxygen atoms in total. The summed E-state index contributed by atoms with van der Waals surface area (Å²) in [7, 11) is -9.91. The second kappa shape index (κ2) is 61.7. The first-order valence-electron chi connectivity index (χ1n) is 35.8. The van der Waals surface area contributed by atoms with Crippen molar-refractivity contribution in [2.45, 2.75) is 349 Å². The third-order valence-electron chi connectivity index (χ3n) is 15.9. The summed E-state index contributed by atoms with van der Waals surface area (Å²) in [4.78, 5) is 72.4. The van der Waals surface area contributed by atoms with E-state index in [1.165, 1.54) is 135 Å². The molecule has 19 heteroatoms. The molecule has 0 amide bonds. The van der Waals surface area contributed by atoms with E-state index >= 15 is 0 Å². The molecule has 0 saturated carbocycles. The first-order valence-corrected chi connectivity index (χ1v) is 38.8. The topological polar surface area (TPSA) is 237 Å². The molecule has 0 aromatic carbocycles. The van der Waals surface area contributed by atoms with Crippen LogP contribution in [0.2, 0.25) is 0 Å². The SMILES string of the molecule is CCCCCC/C=C\C=C/CCCCCCCC(=O)O[C@H](COC(=O)CCCCCCCCCCCCCCC(C)C)COP(=O)(O)OC[C@@H](O)COP(=O)(O)OC[C@@H](COC(=O)CCCCCCCCCCC)OC(=O)CCCCCCCCC(C)CC. The molecule has 0 heterocycles. The zero-order chi connectivity index (χ0) is 65.7. The van der Waals surface area contributed by atoms with Gasteiger partial charge in [0, 0.05) is 25.7 Å². The Morgan fingerprint density at radius 3 is 1.01 bits per heavy atom. The maximum atomic E-state index is 13.0. The third kappa shape index (κ3) is 62.7. The Hall–Kier alpha value is -2.46. The fourth-order valence-corrected chi connectivity index (χ4v) is 11.6. The van der Waals surface area contributed by atoms with Crippen molar-refractivity contribution in [2.75, 3.05) is 39.6 Å². The number of hydrogen-bond acceptors (Lipinski definition) is 15. The monoisotopic (exact) mass is 1310 g/mol. The number of rotatable bonds is 67. The van der Waals surface area contributed by atoms with Crippen LogP contribution in [0.3, 0.4) is 0 Å². The van der Waals surface area contributed by atoms with Crippen molar-refractivity contribution in [3.05, 3.63) is 24.3 Å². The van der Waals surface area contributed by atoms with Gasteiger partial charge in [-0.1, -0.05) is 278 Å². The summed E-state index contributed by atoms with van der Waals surface area (Å²) in [6, 6.07) is 0. The number of phosphoric acid groups is 2. The van der Waals surface area contributed by atoms with E-state index in [0.717, 1.165) is 115 Å². The van der Waals surface area contributed by atoms with Gasteiger partial charge in [-0.15, -0.1) is 0 Å². The summed E-state index contributed by atoms with van der Waals surface area (Å²) < 4.78 is 68.2. The molecule has 0 fully saturated rings. The average Bonchev–Trinajstić information content (AvgIpc) is 3.72. The van der Waals surface area contributed by atoms with Gasteiger partial charge in [-0.25, -0.2) is 9.13 Å². The Balaban J connectivity index is 5.27. The lowest BCUT2D eigenvalue weighted by Crippen LogP contribution is -2.30. The van der Waals surface area contributed by atoms with E-state index in [4.69, 9.17) is 37.0 Å². The number of aliphatic hydroxyl groups is 1. The van der Waals surface area contributed by atoms with Gasteiger partial charge in [0.15, 0.2) is 12.2 Å².